The van der Waals surface area contributed by atoms with E-state index < -0.39 is 24.2 Å². The van der Waals surface area contributed by atoms with Crippen LogP contribution in [0.1, 0.15) is 45.7 Å². The fraction of sp³-hybridized carbons (Fsp3) is 0.176. The largest absolute Gasteiger partial charge is 0.457 e. The van der Waals surface area contributed by atoms with Crippen LogP contribution >= 0.6 is 15.9 Å². The SMILES string of the molecule is Cc1ccccc1Oc1cc(NC(=O)c2nn3c(c2Br)N[C@@H](c2ccccc2)C[C@@H]3C(F)(F)F)cc(Oc2ccccc2C)c1. The highest BCUT2D eigenvalue weighted by Crippen LogP contribution is 2.46. The number of carbonyl (C=O) groups is 1. The summed E-state index contributed by atoms with van der Waals surface area (Å²) in [5, 5.41) is 10.1. The van der Waals surface area contributed by atoms with E-state index in [1.165, 1.54) is 0 Å². The quantitative estimate of drug-likeness (QED) is 0.179. The van der Waals surface area contributed by atoms with Crippen LogP contribution in [0, 0.1) is 13.8 Å². The van der Waals surface area contributed by atoms with Crippen LogP contribution in [0.5, 0.6) is 23.0 Å². The molecule has 2 N–H and O–H groups in total. The van der Waals surface area contributed by atoms with E-state index in [4.69, 9.17) is 9.47 Å². The molecule has 4 aromatic carbocycles. The molecule has 6 rings (SSSR count). The van der Waals surface area contributed by atoms with Gasteiger partial charge < -0.3 is 20.1 Å². The number of anilines is 2. The zero-order chi connectivity index (χ0) is 31.7. The number of fused-ring (bicyclic) bond motifs is 1. The Labute approximate surface area is 266 Å². The fourth-order valence-electron chi connectivity index (χ4n) is 5.19. The summed E-state index contributed by atoms with van der Waals surface area (Å²) in [4.78, 5) is 13.6. The molecule has 5 aromatic rings. The summed E-state index contributed by atoms with van der Waals surface area (Å²) >= 11 is 3.36. The minimum atomic E-state index is -4.59. The molecule has 0 radical (unpaired) electrons. The van der Waals surface area contributed by atoms with Crippen LogP contribution in [-0.4, -0.2) is 21.9 Å². The molecule has 1 aliphatic heterocycles. The number of amides is 1. The number of benzene rings is 4. The fourth-order valence-corrected chi connectivity index (χ4v) is 5.74. The van der Waals surface area contributed by atoms with Crippen molar-refractivity contribution in [2.75, 3.05) is 10.6 Å². The summed E-state index contributed by atoms with van der Waals surface area (Å²) in [6.45, 7) is 3.82. The second-order valence-electron chi connectivity index (χ2n) is 10.7. The molecule has 1 aliphatic rings. The van der Waals surface area contributed by atoms with Gasteiger partial charge in [-0.05, 0) is 58.6 Å². The Kier molecular flexibility index (Phi) is 8.28. The second-order valence-corrected chi connectivity index (χ2v) is 11.5. The number of alkyl halides is 3. The van der Waals surface area contributed by atoms with Crippen molar-refractivity contribution in [3.05, 3.63) is 124 Å². The molecule has 1 aromatic heterocycles. The number of halogens is 4. The van der Waals surface area contributed by atoms with Crippen molar-refractivity contribution >= 4 is 33.3 Å². The minimum absolute atomic E-state index is 0.0720. The van der Waals surface area contributed by atoms with Gasteiger partial charge in [0.15, 0.2) is 11.7 Å². The molecule has 0 spiro atoms. The van der Waals surface area contributed by atoms with E-state index in [1.807, 2.05) is 62.4 Å². The summed E-state index contributed by atoms with van der Waals surface area (Å²) in [6, 6.07) is 26.2. The number of ether oxygens (including phenoxy) is 2. The Hall–Kier alpha value is -4.77. The van der Waals surface area contributed by atoms with Crippen LogP contribution < -0.4 is 20.1 Å². The van der Waals surface area contributed by atoms with Gasteiger partial charge in [0.1, 0.15) is 28.8 Å². The normalized spacial score (nSPS) is 16.0. The third kappa shape index (κ3) is 6.53. The van der Waals surface area contributed by atoms with Gasteiger partial charge in [-0.2, -0.15) is 18.3 Å². The maximum absolute atomic E-state index is 14.3. The lowest BCUT2D eigenvalue weighted by molar-refractivity contribution is -0.173. The number of nitrogens with one attached hydrogen (secondary N) is 2. The van der Waals surface area contributed by atoms with Crippen molar-refractivity contribution in [2.24, 2.45) is 0 Å². The van der Waals surface area contributed by atoms with Crippen LogP contribution in [0.15, 0.2) is 102 Å². The average Bonchev–Trinajstić information content (AvgIpc) is 3.35. The lowest BCUT2D eigenvalue weighted by Crippen LogP contribution is -2.35. The number of aromatic nitrogens is 2. The monoisotopic (exact) mass is 676 g/mol. The van der Waals surface area contributed by atoms with E-state index in [2.05, 4.69) is 31.7 Å². The van der Waals surface area contributed by atoms with Crippen molar-refractivity contribution in [1.82, 2.24) is 9.78 Å². The van der Waals surface area contributed by atoms with Crippen molar-refractivity contribution in [1.29, 1.82) is 0 Å². The lowest BCUT2D eigenvalue weighted by Gasteiger charge is -2.33. The Balaban J connectivity index is 1.33. The number of hydrogen-bond donors (Lipinski definition) is 2. The zero-order valence-electron chi connectivity index (χ0n) is 24.2. The maximum Gasteiger partial charge on any atom is 0.410 e. The molecule has 45 heavy (non-hydrogen) atoms. The third-order valence-corrected chi connectivity index (χ3v) is 8.24. The van der Waals surface area contributed by atoms with Gasteiger partial charge in [-0.3, -0.25) is 4.79 Å². The van der Waals surface area contributed by atoms with Gasteiger partial charge >= 0.3 is 6.18 Å². The van der Waals surface area contributed by atoms with Crippen molar-refractivity contribution < 1.29 is 27.4 Å². The molecule has 0 saturated heterocycles. The number of para-hydroxylation sites is 2. The topological polar surface area (TPSA) is 77.4 Å². The first-order chi connectivity index (χ1) is 21.6. The smallest absolute Gasteiger partial charge is 0.410 e. The van der Waals surface area contributed by atoms with Gasteiger partial charge in [0.2, 0.25) is 0 Å². The first-order valence-electron chi connectivity index (χ1n) is 14.2. The molecular formula is C34H28BrF3N4O3. The summed E-state index contributed by atoms with van der Waals surface area (Å²) in [6.07, 6.45) is -4.88. The summed E-state index contributed by atoms with van der Waals surface area (Å²) in [7, 11) is 0. The highest BCUT2D eigenvalue weighted by Gasteiger charge is 2.47. The molecule has 230 valence electrons. The molecule has 11 heteroatoms. The molecule has 2 atom stereocenters. The Bertz CT molecular complexity index is 1790. The van der Waals surface area contributed by atoms with Crippen LogP contribution in [0.4, 0.5) is 24.7 Å². The molecule has 0 bridgehead atoms. The molecule has 1 amide bonds. The third-order valence-electron chi connectivity index (χ3n) is 7.49. The number of nitrogens with zero attached hydrogens (tertiary/aromatic N) is 2. The molecule has 0 unspecified atom stereocenters. The Morgan fingerprint density at radius 1 is 0.889 bits per heavy atom. The van der Waals surface area contributed by atoms with Gasteiger partial charge in [-0.25, -0.2) is 4.68 Å². The van der Waals surface area contributed by atoms with Gasteiger partial charge in [-0.15, -0.1) is 0 Å². The molecular weight excluding hydrogens is 649 g/mol. The van der Waals surface area contributed by atoms with Crippen LogP contribution in [0.3, 0.4) is 0 Å². The van der Waals surface area contributed by atoms with Gasteiger partial charge in [0.05, 0.1) is 10.5 Å². The van der Waals surface area contributed by atoms with E-state index in [1.54, 1.807) is 48.5 Å². The highest BCUT2D eigenvalue weighted by atomic mass is 79.9. The summed E-state index contributed by atoms with van der Waals surface area (Å²) in [5.74, 6) is 1.37. The summed E-state index contributed by atoms with van der Waals surface area (Å²) < 4.78 is 56.1. The van der Waals surface area contributed by atoms with E-state index in [0.29, 0.717) is 34.2 Å². The van der Waals surface area contributed by atoms with Crippen LogP contribution in [0.25, 0.3) is 0 Å². The highest BCUT2D eigenvalue weighted by molar-refractivity contribution is 9.10. The lowest BCUT2D eigenvalue weighted by atomic mass is 9.97. The first kappa shape index (κ1) is 30.3. The predicted octanol–water partition coefficient (Wildman–Crippen LogP) is 9.76. The number of carbonyl (C=O) groups excluding carboxylic acids is 1. The van der Waals surface area contributed by atoms with Crippen LogP contribution in [0.2, 0.25) is 0 Å². The molecule has 0 saturated carbocycles. The van der Waals surface area contributed by atoms with Gasteiger partial charge in [-0.1, -0.05) is 66.7 Å². The standard InChI is InChI=1S/C34H28BrF3N4O3/c1-20-10-6-8-14-27(20)44-24-16-23(17-25(18-24)45-28-15-9-7-11-21(28)2)39-33(43)31-30(35)32-40-26(22-12-4-3-5-13-22)19-29(34(36,37)38)42(32)41-31/h3-18,26,29,40H,19H2,1-2H3,(H,39,43)/t26-,29-/m1/s1. The van der Waals surface area contributed by atoms with E-state index >= 15 is 0 Å². The van der Waals surface area contributed by atoms with Crippen molar-refractivity contribution in [3.63, 3.8) is 0 Å². The number of aryl methyl sites for hydroxylation is 2. The average molecular weight is 678 g/mol. The molecule has 0 fully saturated rings. The second kappa shape index (κ2) is 12.3. The Morgan fingerprint density at radius 3 is 2.00 bits per heavy atom. The van der Waals surface area contributed by atoms with Crippen LogP contribution in [-0.2, 0) is 0 Å². The van der Waals surface area contributed by atoms with E-state index in [-0.39, 0.29) is 22.4 Å². The van der Waals surface area contributed by atoms with Gasteiger partial charge in [0.25, 0.3) is 5.91 Å². The van der Waals surface area contributed by atoms with Crippen molar-refractivity contribution in [3.8, 4) is 23.0 Å². The first-order valence-corrected chi connectivity index (χ1v) is 15.0. The van der Waals surface area contributed by atoms with E-state index in [0.717, 1.165) is 15.8 Å². The zero-order valence-corrected chi connectivity index (χ0v) is 25.8. The summed E-state index contributed by atoms with van der Waals surface area (Å²) in [5.41, 5.74) is 2.61. The van der Waals surface area contributed by atoms with E-state index in [9.17, 15) is 18.0 Å². The number of rotatable bonds is 7. The van der Waals surface area contributed by atoms with Crippen molar-refractivity contribution in [2.45, 2.75) is 38.5 Å². The minimum Gasteiger partial charge on any atom is -0.457 e. The predicted molar refractivity (Wildman–Crippen MR) is 169 cm³/mol. The number of hydrogen-bond acceptors (Lipinski definition) is 5. The molecule has 0 aliphatic carbocycles. The van der Waals surface area contributed by atoms with Gasteiger partial charge in [0, 0.05) is 30.3 Å². The maximum atomic E-state index is 14.3. The Morgan fingerprint density at radius 2 is 1.44 bits per heavy atom. The molecule has 2 heterocycles. The molecule has 7 nitrogen and oxygen atoms in total.